The van der Waals surface area contributed by atoms with Gasteiger partial charge in [-0.3, -0.25) is 4.79 Å². The van der Waals surface area contributed by atoms with E-state index < -0.39 is 11.6 Å². The van der Waals surface area contributed by atoms with Crippen molar-refractivity contribution in [2.24, 2.45) is 0 Å². The van der Waals surface area contributed by atoms with Gasteiger partial charge in [-0.1, -0.05) is 0 Å². The van der Waals surface area contributed by atoms with Crippen molar-refractivity contribution >= 4 is 17.4 Å². The van der Waals surface area contributed by atoms with E-state index in [0.717, 1.165) is 0 Å². The third kappa shape index (κ3) is 1.91. The van der Waals surface area contributed by atoms with Crippen LogP contribution in [0.3, 0.4) is 0 Å². The Labute approximate surface area is 85.9 Å². The summed E-state index contributed by atoms with van der Waals surface area (Å²) in [4.78, 5) is 11.1. The lowest BCUT2D eigenvalue weighted by Gasteiger charge is -2.02. The van der Waals surface area contributed by atoms with Gasteiger partial charge < -0.3 is 0 Å². The molecule has 2 nitrogen and oxygen atoms in total. The summed E-state index contributed by atoms with van der Waals surface area (Å²) in [5, 5.41) is 8.67. The van der Waals surface area contributed by atoms with Crippen molar-refractivity contribution in [2.45, 2.75) is 6.92 Å². The second kappa shape index (κ2) is 4.21. The molecule has 4 heteroatoms. The number of carbonyl (C=O) groups excluding carboxylic acids is 1. The lowest BCUT2D eigenvalue weighted by Crippen LogP contribution is -2.05. The quantitative estimate of drug-likeness (QED) is 0.557. The molecule has 0 saturated carbocycles. The Kier molecular flexibility index (Phi) is 3.21. The zero-order chi connectivity index (χ0) is 10.7. The van der Waals surface area contributed by atoms with E-state index in [9.17, 15) is 9.18 Å². The predicted molar refractivity (Wildman–Crippen MR) is 50.9 cm³/mol. The molecule has 0 aliphatic heterocycles. The van der Waals surface area contributed by atoms with Gasteiger partial charge in [0.15, 0.2) is 5.78 Å². The number of hydrogen-bond acceptors (Lipinski definition) is 2. The van der Waals surface area contributed by atoms with Crippen LogP contribution in [0.25, 0.3) is 0 Å². The Bertz CT molecular complexity index is 423. The zero-order valence-electron chi connectivity index (χ0n) is 7.47. The molecule has 14 heavy (non-hydrogen) atoms. The van der Waals surface area contributed by atoms with Gasteiger partial charge in [0.1, 0.15) is 5.82 Å². The Morgan fingerprint density at radius 2 is 2.29 bits per heavy atom. The van der Waals surface area contributed by atoms with Crippen LogP contribution >= 0.6 is 11.6 Å². The summed E-state index contributed by atoms with van der Waals surface area (Å²) in [5.41, 5.74) is 0.679. The predicted octanol–water partition coefficient (Wildman–Crippen LogP) is 2.43. The molecule has 1 aromatic rings. The van der Waals surface area contributed by atoms with Crippen molar-refractivity contribution in [3.63, 3.8) is 0 Å². The Balaban J connectivity index is 3.33. The first kappa shape index (κ1) is 10.7. The zero-order valence-corrected chi connectivity index (χ0v) is 8.23. The third-order valence-electron chi connectivity index (χ3n) is 1.86. The second-order valence-electron chi connectivity index (χ2n) is 2.82. The highest BCUT2D eigenvalue weighted by molar-refractivity contribution is 6.30. The fraction of sp³-hybridized carbons (Fsp3) is 0.200. The molecule has 0 aliphatic rings. The van der Waals surface area contributed by atoms with Gasteiger partial charge in [-0.05, 0) is 24.6 Å². The molecule has 72 valence electrons. The van der Waals surface area contributed by atoms with Crippen LogP contribution in [-0.2, 0) is 0 Å². The largest absolute Gasteiger partial charge is 0.293 e. The van der Waals surface area contributed by atoms with Crippen molar-refractivity contribution in [2.75, 3.05) is 5.88 Å². The number of nitriles is 1. The van der Waals surface area contributed by atoms with E-state index in [1.807, 2.05) is 6.07 Å². The van der Waals surface area contributed by atoms with Crippen molar-refractivity contribution < 1.29 is 9.18 Å². The van der Waals surface area contributed by atoms with Gasteiger partial charge in [-0.2, -0.15) is 5.26 Å². The minimum absolute atomic E-state index is 0.123. The van der Waals surface area contributed by atoms with Crippen LogP contribution in [0.5, 0.6) is 0 Å². The number of ketones is 1. The molecule has 1 rings (SSSR count). The fourth-order valence-electron chi connectivity index (χ4n) is 1.08. The molecule has 0 unspecified atom stereocenters. The Morgan fingerprint density at radius 1 is 1.64 bits per heavy atom. The van der Waals surface area contributed by atoms with Gasteiger partial charge in [0.05, 0.1) is 23.1 Å². The number of nitrogens with zero attached hydrogens (tertiary/aromatic N) is 1. The number of Topliss-reactive ketones (excluding diaryl/α,β-unsaturated/α-hetero) is 1. The van der Waals surface area contributed by atoms with Gasteiger partial charge in [0.2, 0.25) is 0 Å². The summed E-state index contributed by atoms with van der Waals surface area (Å²) in [6, 6.07) is 4.28. The van der Waals surface area contributed by atoms with E-state index in [0.29, 0.717) is 11.1 Å². The molecule has 0 amide bonds. The SMILES string of the molecule is Cc1cc(F)c(C(=O)CCl)cc1C#N. The molecule has 1 aromatic carbocycles. The molecule has 0 N–H and O–H groups in total. The number of carbonyl (C=O) groups is 1. The molecule has 0 aromatic heterocycles. The van der Waals surface area contributed by atoms with Crippen LogP contribution in [0.1, 0.15) is 21.5 Å². The van der Waals surface area contributed by atoms with Crippen LogP contribution in [0.2, 0.25) is 0 Å². The topological polar surface area (TPSA) is 40.9 Å². The molecular formula is C10H7ClFNO. The number of rotatable bonds is 2. The average molecular weight is 212 g/mol. The lowest BCUT2D eigenvalue weighted by molar-refractivity contribution is 0.101. The van der Waals surface area contributed by atoms with Crippen LogP contribution in [0, 0.1) is 24.1 Å². The third-order valence-corrected chi connectivity index (χ3v) is 2.10. The summed E-state index contributed by atoms with van der Waals surface area (Å²) < 4.78 is 13.2. The number of aryl methyl sites for hydroxylation is 1. The number of hydrogen-bond donors (Lipinski definition) is 0. The normalized spacial score (nSPS) is 9.57. The molecule has 0 saturated heterocycles. The van der Waals surface area contributed by atoms with Gasteiger partial charge in [0, 0.05) is 0 Å². The number of benzene rings is 1. The van der Waals surface area contributed by atoms with E-state index in [2.05, 4.69) is 0 Å². The highest BCUT2D eigenvalue weighted by atomic mass is 35.5. The van der Waals surface area contributed by atoms with Gasteiger partial charge in [0.25, 0.3) is 0 Å². The first-order valence-electron chi connectivity index (χ1n) is 3.89. The van der Waals surface area contributed by atoms with Crippen LogP contribution in [0.15, 0.2) is 12.1 Å². The van der Waals surface area contributed by atoms with E-state index in [-0.39, 0.29) is 11.4 Å². The maximum Gasteiger partial charge on any atom is 0.180 e. The van der Waals surface area contributed by atoms with Crippen molar-refractivity contribution in [1.82, 2.24) is 0 Å². The molecular weight excluding hydrogens is 205 g/mol. The van der Waals surface area contributed by atoms with Crippen LogP contribution in [-0.4, -0.2) is 11.7 Å². The molecule has 0 atom stereocenters. The monoisotopic (exact) mass is 211 g/mol. The minimum atomic E-state index is -0.632. The molecule has 0 bridgehead atoms. The van der Waals surface area contributed by atoms with Crippen molar-refractivity contribution in [3.8, 4) is 6.07 Å². The maximum atomic E-state index is 13.2. The Morgan fingerprint density at radius 3 is 2.79 bits per heavy atom. The Hall–Kier alpha value is -1.40. The molecule has 0 radical (unpaired) electrons. The number of halogens is 2. The molecule has 0 fully saturated rings. The van der Waals surface area contributed by atoms with E-state index >= 15 is 0 Å². The highest BCUT2D eigenvalue weighted by Gasteiger charge is 2.13. The summed E-state index contributed by atoms with van der Waals surface area (Å²) in [6.07, 6.45) is 0. The number of alkyl halides is 1. The second-order valence-corrected chi connectivity index (χ2v) is 3.08. The average Bonchev–Trinajstić information content (AvgIpc) is 2.17. The summed E-state index contributed by atoms with van der Waals surface area (Å²) in [6.45, 7) is 1.61. The lowest BCUT2D eigenvalue weighted by atomic mass is 10.0. The summed E-state index contributed by atoms with van der Waals surface area (Å²) in [5.74, 6) is -1.43. The van der Waals surface area contributed by atoms with E-state index in [4.69, 9.17) is 16.9 Å². The fourth-order valence-corrected chi connectivity index (χ4v) is 1.22. The van der Waals surface area contributed by atoms with Gasteiger partial charge in [-0.25, -0.2) is 4.39 Å². The van der Waals surface area contributed by atoms with E-state index in [1.165, 1.54) is 12.1 Å². The molecule has 0 heterocycles. The summed E-state index contributed by atoms with van der Waals surface area (Å²) in [7, 11) is 0. The van der Waals surface area contributed by atoms with Crippen LogP contribution < -0.4 is 0 Å². The summed E-state index contributed by atoms with van der Waals surface area (Å²) >= 11 is 5.29. The maximum absolute atomic E-state index is 13.2. The first-order valence-corrected chi connectivity index (χ1v) is 4.43. The first-order chi connectivity index (χ1) is 6.60. The van der Waals surface area contributed by atoms with Crippen LogP contribution in [0.4, 0.5) is 4.39 Å². The highest BCUT2D eigenvalue weighted by Crippen LogP contribution is 2.15. The standard InChI is InChI=1S/C10H7ClFNO/c1-6-2-9(12)8(10(14)4-11)3-7(6)5-13/h2-3H,4H2,1H3. The van der Waals surface area contributed by atoms with Crippen molar-refractivity contribution in [1.29, 1.82) is 5.26 Å². The molecule has 0 spiro atoms. The smallest absolute Gasteiger partial charge is 0.180 e. The van der Waals surface area contributed by atoms with Gasteiger partial charge in [-0.15, -0.1) is 11.6 Å². The minimum Gasteiger partial charge on any atom is -0.293 e. The van der Waals surface area contributed by atoms with Crippen molar-refractivity contribution in [3.05, 3.63) is 34.6 Å². The van der Waals surface area contributed by atoms with Gasteiger partial charge >= 0.3 is 0 Å². The molecule has 0 aliphatic carbocycles. The van der Waals surface area contributed by atoms with E-state index in [1.54, 1.807) is 6.92 Å².